The Kier molecular flexibility index (Phi) is 7.36. The van der Waals surface area contributed by atoms with Crippen molar-refractivity contribution >= 4 is 22.9 Å². The van der Waals surface area contributed by atoms with Crippen molar-refractivity contribution in [3.63, 3.8) is 0 Å². The molecule has 0 aliphatic carbocycles. The van der Waals surface area contributed by atoms with E-state index in [-0.39, 0.29) is 0 Å². The Labute approximate surface area is 97.0 Å². The second-order valence-corrected chi connectivity index (χ2v) is 5.94. The maximum absolute atomic E-state index is 3.33. The molecule has 80 valence electrons. The van der Waals surface area contributed by atoms with Crippen LogP contribution < -0.4 is 5.32 Å². The first kappa shape index (κ1) is 13.7. The number of nitrogens with zero attached hydrogens (tertiary/aromatic N) is 1. The van der Waals surface area contributed by atoms with Crippen molar-refractivity contribution in [3.05, 3.63) is 0 Å². The van der Waals surface area contributed by atoms with Crippen LogP contribution in [0.4, 0.5) is 0 Å². The molecule has 0 spiro atoms. The maximum Gasteiger partial charge on any atom is 0.0206 e. The van der Waals surface area contributed by atoms with Crippen LogP contribution in [0.3, 0.4) is 0 Å². The molecule has 1 N–H and O–H groups in total. The molecule has 2 nitrogen and oxygen atoms in total. The Hall–Kier alpha value is 0.650. The van der Waals surface area contributed by atoms with Gasteiger partial charge in [-0.15, -0.1) is 0 Å². The zero-order valence-corrected chi connectivity index (χ0v) is 11.5. The summed E-state index contributed by atoms with van der Waals surface area (Å²) in [4.78, 5) is 0. The summed E-state index contributed by atoms with van der Waals surface area (Å²) < 4.78 is 2.37. The molecule has 0 unspecified atom stereocenters. The first-order chi connectivity index (χ1) is 5.95. The molecule has 0 aromatic carbocycles. The Bertz CT molecular complexity index is 121. The number of hydrogen-bond donors (Lipinski definition) is 1. The highest BCUT2D eigenvalue weighted by Crippen LogP contribution is 2.19. The highest BCUT2D eigenvalue weighted by Gasteiger charge is 2.11. The zero-order chi connectivity index (χ0) is 10.3. The van der Waals surface area contributed by atoms with E-state index in [1.807, 2.05) is 0 Å². The van der Waals surface area contributed by atoms with Gasteiger partial charge in [-0.2, -0.15) is 0 Å². The highest BCUT2D eigenvalue weighted by molar-refractivity contribution is 14.1. The molecule has 0 aromatic heterocycles. The molecular formula is C10H23IN2. The van der Waals surface area contributed by atoms with Gasteiger partial charge in [0.1, 0.15) is 0 Å². The molecule has 0 amide bonds. The predicted octanol–water partition coefficient (Wildman–Crippen LogP) is 2.68. The van der Waals surface area contributed by atoms with Crippen LogP contribution in [-0.4, -0.2) is 29.3 Å². The molecule has 0 fully saturated rings. The van der Waals surface area contributed by atoms with Crippen LogP contribution in [0.2, 0.25) is 0 Å². The van der Waals surface area contributed by atoms with Crippen molar-refractivity contribution in [2.45, 2.75) is 34.1 Å². The topological polar surface area (TPSA) is 15.3 Å². The van der Waals surface area contributed by atoms with Gasteiger partial charge < -0.3 is 5.32 Å². The van der Waals surface area contributed by atoms with E-state index in [9.17, 15) is 0 Å². The summed E-state index contributed by atoms with van der Waals surface area (Å²) in [6.07, 6.45) is 1.27. The summed E-state index contributed by atoms with van der Waals surface area (Å²) in [5.41, 5.74) is 0.460. The van der Waals surface area contributed by atoms with Crippen LogP contribution in [0, 0.1) is 5.41 Å². The van der Waals surface area contributed by atoms with Crippen molar-refractivity contribution in [1.29, 1.82) is 0 Å². The fraction of sp³-hybridized carbons (Fsp3) is 1.00. The number of likely N-dealkylation sites (N-methyl/N-ethyl adjacent to an activating group) is 1. The summed E-state index contributed by atoms with van der Waals surface area (Å²) >= 11 is 2.41. The summed E-state index contributed by atoms with van der Waals surface area (Å²) in [5, 5.41) is 3.33. The predicted molar refractivity (Wildman–Crippen MR) is 68.2 cm³/mol. The molecular weight excluding hydrogens is 275 g/mol. The third-order valence-electron chi connectivity index (χ3n) is 1.89. The van der Waals surface area contributed by atoms with E-state index >= 15 is 0 Å². The van der Waals surface area contributed by atoms with Gasteiger partial charge in [-0.25, -0.2) is 3.11 Å². The molecule has 0 atom stereocenters. The van der Waals surface area contributed by atoms with E-state index in [1.165, 1.54) is 13.0 Å². The standard InChI is InChI=1S/C10H23IN2/c1-5-12-7-9-13(11)8-6-10(2,3)4/h12H,5-9H2,1-4H3. The monoisotopic (exact) mass is 298 g/mol. The van der Waals surface area contributed by atoms with Gasteiger partial charge in [0.15, 0.2) is 0 Å². The quantitative estimate of drug-likeness (QED) is 0.461. The van der Waals surface area contributed by atoms with Crippen molar-refractivity contribution in [2.75, 3.05) is 26.2 Å². The molecule has 0 radical (unpaired) electrons. The Morgan fingerprint density at radius 2 is 1.85 bits per heavy atom. The smallest absolute Gasteiger partial charge is 0.0206 e. The molecule has 13 heavy (non-hydrogen) atoms. The summed E-state index contributed by atoms with van der Waals surface area (Å²) in [6, 6.07) is 0. The molecule has 0 aromatic rings. The van der Waals surface area contributed by atoms with E-state index in [0.29, 0.717) is 5.41 Å². The first-order valence-electron chi connectivity index (χ1n) is 5.07. The average molecular weight is 298 g/mol. The molecule has 0 aliphatic heterocycles. The third kappa shape index (κ3) is 10.6. The largest absolute Gasteiger partial charge is 0.316 e. The first-order valence-corrected chi connectivity index (χ1v) is 6.03. The molecule has 0 saturated carbocycles. The minimum Gasteiger partial charge on any atom is -0.316 e. The molecule has 3 heteroatoms. The number of halogens is 1. The van der Waals surface area contributed by atoms with Gasteiger partial charge in [0.2, 0.25) is 0 Å². The van der Waals surface area contributed by atoms with Crippen LogP contribution in [-0.2, 0) is 0 Å². The SMILES string of the molecule is CCNCCN(I)CCC(C)(C)C. The van der Waals surface area contributed by atoms with Crippen molar-refractivity contribution in [1.82, 2.24) is 8.43 Å². The summed E-state index contributed by atoms with van der Waals surface area (Å²) in [5.74, 6) is 0. The van der Waals surface area contributed by atoms with Crippen LogP contribution in [0.5, 0.6) is 0 Å². The Morgan fingerprint density at radius 3 is 2.31 bits per heavy atom. The number of hydrogen-bond acceptors (Lipinski definition) is 2. The Balaban J connectivity index is 3.35. The van der Waals surface area contributed by atoms with Gasteiger partial charge in [0, 0.05) is 42.5 Å². The maximum atomic E-state index is 3.33. The minimum absolute atomic E-state index is 0.460. The Morgan fingerprint density at radius 1 is 1.23 bits per heavy atom. The van der Waals surface area contributed by atoms with Crippen molar-refractivity contribution in [2.24, 2.45) is 5.41 Å². The van der Waals surface area contributed by atoms with Crippen LogP contribution >= 0.6 is 22.9 Å². The van der Waals surface area contributed by atoms with Gasteiger partial charge in [-0.1, -0.05) is 27.7 Å². The van der Waals surface area contributed by atoms with Crippen molar-refractivity contribution in [3.8, 4) is 0 Å². The lowest BCUT2D eigenvalue weighted by Gasteiger charge is -2.22. The number of nitrogens with one attached hydrogen (secondary N) is 1. The van der Waals surface area contributed by atoms with Gasteiger partial charge >= 0.3 is 0 Å². The molecule has 0 bridgehead atoms. The van der Waals surface area contributed by atoms with Crippen LogP contribution in [0.25, 0.3) is 0 Å². The lowest BCUT2D eigenvalue weighted by molar-refractivity contribution is 0.334. The van der Waals surface area contributed by atoms with Gasteiger partial charge in [0.25, 0.3) is 0 Å². The van der Waals surface area contributed by atoms with Gasteiger partial charge in [-0.3, -0.25) is 0 Å². The van der Waals surface area contributed by atoms with E-state index in [4.69, 9.17) is 0 Å². The van der Waals surface area contributed by atoms with E-state index in [2.05, 4.69) is 59.0 Å². The van der Waals surface area contributed by atoms with Crippen LogP contribution in [0.1, 0.15) is 34.1 Å². The molecule has 0 heterocycles. The summed E-state index contributed by atoms with van der Waals surface area (Å²) in [7, 11) is 0. The number of rotatable bonds is 6. The van der Waals surface area contributed by atoms with Gasteiger partial charge in [0.05, 0.1) is 0 Å². The average Bonchev–Trinajstić information content (AvgIpc) is 2.00. The fourth-order valence-electron chi connectivity index (χ4n) is 0.946. The van der Waals surface area contributed by atoms with Crippen LogP contribution in [0.15, 0.2) is 0 Å². The lowest BCUT2D eigenvalue weighted by atomic mass is 9.92. The molecule has 0 rings (SSSR count). The summed E-state index contributed by atoms with van der Waals surface area (Å²) in [6.45, 7) is 13.5. The second kappa shape index (κ2) is 7.01. The lowest BCUT2D eigenvalue weighted by Crippen LogP contribution is -2.27. The second-order valence-electron chi connectivity index (χ2n) is 4.57. The third-order valence-corrected chi connectivity index (χ3v) is 2.85. The van der Waals surface area contributed by atoms with E-state index in [1.54, 1.807) is 0 Å². The fourth-order valence-corrected chi connectivity index (χ4v) is 1.43. The molecule has 0 saturated heterocycles. The van der Waals surface area contributed by atoms with E-state index in [0.717, 1.165) is 19.6 Å². The highest BCUT2D eigenvalue weighted by atomic mass is 127. The molecule has 0 aliphatic rings. The minimum atomic E-state index is 0.460. The van der Waals surface area contributed by atoms with Crippen molar-refractivity contribution < 1.29 is 0 Å². The van der Waals surface area contributed by atoms with E-state index < -0.39 is 0 Å². The zero-order valence-electron chi connectivity index (χ0n) is 9.36. The normalized spacial score (nSPS) is 12.5. The van der Waals surface area contributed by atoms with Gasteiger partial charge in [-0.05, 0) is 18.4 Å².